The van der Waals surface area contributed by atoms with E-state index in [1.54, 1.807) is 12.4 Å². The Morgan fingerprint density at radius 2 is 1.85 bits per heavy atom. The molecule has 1 saturated heterocycles. The van der Waals surface area contributed by atoms with E-state index >= 15 is 0 Å². The van der Waals surface area contributed by atoms with E-state index in [4.69, 9.17) is 27.6 Å². The summed E-state index contributed by atoms with van der Waals surface area (Å²) in [4.78, 5) is 15.5. The molecular formula is C19H30Cl2N2O2Si. The van der Waals surface area contributed by atoms with E-state index in [2.05, 4.69) is 31.1 Å². The van der Waals surface area contributed by atoms with Gasteiger partial charge in [-0.15, -0.1) is 0 Å². The van der Waals surface area contributed by atoms with Crippen molar-refractivity contribution in [1.29, 1.82) is 0 Å². The standard InChI is InChI=1S/C19H30Cl2N2O2Si/c1-4-26(5-2,6-3)25-17(19-15(20)12-22-13-16(19)21)9-7-8-14-10-11-18(24)23-14/h12-14,17H,4-11H2,1-3H3,(H,23,24)/t14-,17?/m1/s1. The summed E-state index contributed by atoms with van der Waals surface area (Å²) in [7, 11) is -1.81. The van der Waals surface area contributed by atoms with Gasteiger partial charge in [-0.2, -0.15) is 0 Å². The minimum atomic E-state index is -1.81. The molecule has 1 amide bonds. The summed E-state index contributed by atoms with van der Waals surface area (Å²) in [5.41, 5.74) is 0.867. The Morgan fingerprint density at radius 3 is 2.35 bits per heavy atom. The summed E-state index contributed by atoms with van der Waals surface area (Å²) >= 11 is 12.9. The molecule has 1 N–H and O–H groups in total. The molecule has 1 aromatic rings. The highest BCUT2D eigenvalue weighted by atomic mass is 35.5. The van der Waals surface area contributed by atoms with Crippen molar-refractivity contribution in [2.24, 2.45) is 0 Å². The molecular weight excluding hydrogens is 387 g/mol. The average Bonchev–Trinajstić information content (AvgIpc) is 3.04. The fourth-order valence-corrected chi connectivity index (χ4v) is 7.18. The van der Waals surface area contributed by atoms with Crippen LogP contribution < -0.4 is 5.32 Å². The molecule has 0 aliphatic carbocycles. The summed E-state index contributed by atoms with van der Waals surface area (Å²) in [6.07, 6.45) is 7.53. The van der Waals surface area contributed by atoms with Crippen molar-refractivity contribution >= 4 is 37.4 Å². The van der Waals surface area contributed by atoms with Crippen LogP contribution in [0.25, 0.3) is 0 Å². The van der Waals surface area contributed by atoms with E-state index in [9.17, 15) is 4.79 Å². The van der Waals surface area contributed by atoms with Gasteiger partial charge in [-0.3, -0.25) is 9.78 Å². The zero-order chi connectivity index (χ0) is 19.2. The van der Waals surface area contributed by atoms with Gasteiger partial charge in [0.15, 0.2) is 8.32 Å². The topological polar surface area (TPSA) is 51.2 Å². The smallest absolute Gasteiger partial charge is 0.220 e. The Balaban J connectivity index is 2.14. The number of rotatable bonds is 10. The van der Waals surface area contributed by atoms with Gasteiger partial charge in [0.2, 0.25) is 5.91 Å². The predicted molar refractivity (Wildman–Crippen MR) is 110 cm³/mol. The van der Waals surface area contributed by atoms with E-state index in [-0.39, 0.29) is 18.1 Å². The van der Waals surface area contributed by atoms with Crippen molar-refractivity contribution in [3.05, 3.63) is 28.0 Å². The Hall–Kier alpha value is -0.623. The van der Waals surface area contributed by atoms with Gasteiger partial charge in [0, 0.05) is 30.4 Å². The molecule has 2 atom stereocenters. The summed E-state index contributed by atoms with van der Waals surface area (Å²) in [6.45, 7) is 6.67. The third-order valence-electron chi connectivity index (χ3n) is 5.64. The maximum Gasteiger partial charge on any atom is 0.220 e. The molecule has 4 nitrogen and oxygen atoms in total. The molecule has 146 valence electrons. The number of amides is 1. The number of hydrogen-bond donors (Lipinski definition) is 1. The maximum atomic E-state index is 11.4. The number of halogens is 2. The largest absolute Gasteiger partial charge is 0.410 e. The lowest BCUT2D eigenvalue weighted by atomic mass is 10.0. The van der Waals surface area contributed by atoms with Crippen LogP contribution in [0, 0.1) is 0 Å². The number of carbonyl (C=O) groups excluding carboxylic acids is 1. The van der Waals surface area contributed by atoms with E-state index < -0.39 is 8.32 Å². The second-order valence-corrected chi connectivity index (χ2v) is 12.6. The lowest BCUT2D eigenvalue weighted by Gasteiger charge is -2.34. The Bertz CT molecular complexity index is 583. The zero-order valence-corrected chi connectivity index (χ0v) is 18.5. The fourth-order valence-electron chi connectivity index (χ4n) is 3.74. The molecule has 0 radical (unpaired) electrons. The minimum absolute atomic E-state index is 0.110. The minimum Gasteiger partial charge on any atom is -0.410 e. The Morgan fingerprint density at radius 1 is 1.23 bits per heavy atom. The first-order valence-corrected chi connectivity index (χ1v) is 13.0. The predicted octanol–water partition coefficient (Wildman–Crippen LogP) is 5.90. The number of pyridine rings is 1. The SMILES string of the molecule is CC[Si](CC)(CC)OC(CCC[C@@H]1CCC(=O)N1)c1c(Cl)cncc1Cl. The first kappa shape index (κ1) is 21.7. The molecule has 0 aromatic carbocycles. The molecule has 0 spiro atoms. The van der Waals surface area contributed by atoms with Crippen molar-refractivity contribution in [2.75, 3.05) is 0 Å². The third-order valence-corrected chi connectivity index (χ3v) is 10.9. The lowest BCUT2D eigenvalue weighted by molar-refractivity contribution is -0.119. The molecule has 1 aliphatic heterocycles. The van der Waals surface area contributed by atoms with E-state index in [0.29, 0.717) is 16.5 Å². The van der Waals surface area contributed by atoms with Crippen LogP contribution in [0.5, 0.6) is 0 Å². The van der Waals surface area contributed by atoms with Gasteiger partial charge in [-0.25, -0.2) is 0 Å². The Kier molecular flexibility index (Phi) is 8.39. The van der Waals surface area contributed by atoms with Gasteiger partial charge in [0.1, 0.15) is 0 Å². The van der Waals surface area contributed by atoms with Gasteiger partial charge >= 0.3 is 0 Å². The molecule has 1 aromatic heterocycles. The second-order valence-electron chi connectivity index (χ2n) is 7.10. The average molecular weight is 417 g/mol. The highest BCUT2D eigenvalue weighted by Crippen LogP contribution is 2.39. The van der Waals surface area contributed by atoms with Gasteiger partial charge in [0.25, 0.3) is 0 Å². The van der Waals surface area contributed by atoms with E-state index in [0.717, 1.165) is 49.4 Å². The fraction of sp³-hybridized carbons (Fsp3) is 0.684. The van der Waals surface area contributed by atoms with Crippen LogP contribution in [0.4, 0.5) is 0 Å². The monoisotopic (exact) mass is 416 g/mol. The van der Waals surface area contributed by atoms with Crippen molar-refractivity contribution in [3.8, 4) is 0 Å². The molecule has 2 heterocycles. The van der Waals surface area contributed by atoms with Crippen LogP contribution in [0.3, 0.4) is 0 Å². The zero-order valence-electron chi connectivity index (χ0n) is 16.0. The van der Waals surface area contributed by atoms with Crippen molar-refractivity contribution in [3.63, 3.8) is 0 Å². The van der Waals surface area contributed by atoms with Gasteiger partial charge in [0.05, 0.1) is 16.1 Å². The molecule has 7 heteroatoms. The number of hydrogen-bond acceptors (Lipinski definition) is 3. The molecule has 1 unspecified atom stereocenters. The summed E-state index contributed by atoms with van der Waals surface area (Å²) in [5, 5.41) is 4.18. The van der Waals surface area contributed by atoms with Crippen LogP contribution in [0.2, 0.25) is 28.2 Å². The quantitative estimate of drug-likeness (QED) is 0.482. The first-order chi connectivity index (χ1) is 12.4. The first-order valence-electron chi connectivity index (χ1n) is 9.70. The normalized spacial score (nSPS) is 18.8. The summed E-state index contributed by atoms with van der Waals surface area (Å²) in [5.74, 6) is 0.164. The second kappa shape index (κ2) is 10.1. The van der Waals surface area contributed by atoms with Crippen LogP contribution in [-0.4, -0.2) is 25.3 Å². The molecule has 1 fully saturated rings. The lowest BCUT2D eigenvalue weighted by Crippen LogP contribution is -2.37. The van der Waals surface area contributed by atoms with Crippen LogP contribution in [-0.2, 0) is 9.22 Å². The maximum absolute atomic E-state index is 11.4. The van der Waals surface area contributed by atoms with Crippen molar-refractivity contribution in [1.82, 2.24) is 10.3 Å². The van der Waals surface area contributed by atoms with E-state index in [1.807, 2.05) is 0 Å². The number of nitrogens with one attached hydrogen (secondary N) is 1. The third kappa shape index (κ3) is 5.44. The van der Waals surface area contributed by atoms with Gasteiger partial charge in [-0.05, 0) is 43.8 Å². The van der Waals surface area contributed by atoms with Crippen molar-refractivity contribution < 1.29 is 9.22 Å². The molecule has 26 heavy (non-hydrogen) atoms. The molecule has 0 bridgehead atoms. The molecule has 2 rings (SSSR count). The molecule has 0 saturated carbocycles. The Labute approximate surface area is 168 Å². The highest BCUT2D eigenvalue weighted by Gasteiger charge is 2.34. The number of aromatic nitrogens is 1. The highest BCUT2D eigenvalue weighted by molar-refractivity contribution is 6.73. The van der Waals surface area contributed by atoms with Gasteiger partial charge < -0.3 is 9.74 Å². The summed E-state index contributed by atoms with van der Waals surface area (Å²) < 4.78 is 6.77. The van der Waals surface area contributed by atoms with Crippen LogP contribution in [0.15, 0.2) is 12.4 Å². The summed E-state index contributed by atoms with van der Waals surface area (Å²) in [6, 6.07) is 3.53. The van der Waals surface area contributed by atoms with E-state index in [1.165, 1.54) is 0 Å². The van der Waals surface area contributed by atoms with Crippen LogP contribution >= 0.6 is 23.2 Å². The number of carbonyl (C=O) groups is 1. The van der Waals surface area contributed by atoms with Crippen molar-refractivity contribution in [2.45, 2.75) is 83.2 Å². The van der Waals surface area contributed by atoms with Gasteiger partial charge in [-0.1, -0.05) is 44.0 Å². The molecule has 1 aliphatic rings. The van der Waals surface area contributed by atoms with Crippen LogP contribution in [0.1, 0.15) is 64.5 Å². The number of nitrogens with zero attached hydrogens (tertiary/aromatic N) is 1.